The van der Waals surface area contributed by atoms with Crippen LogP contribution in [-0.2, 0) is 4.79 Å². The third kappa shape index (κ3) is 2.23. The van der Waals surface area contributed by atoms with Crippen LogP contribution in [0.1, 0.15) is 23.6 Å². The van der Waals surface area contributed by atoms with Crippen LogP contribution in [0.15, 0.2) is 18.2 Å². The third-order valence-corrected chi connectivity index (χ3v) is 2.06. The van der Waals surface area contributed by atoms with Gasteiger partial charge in [0.25, 0.3) is 0 Å². The highest BCUT2D eigenvalue weighted by Gasteiger charge is 2.14. The molecule has 1 rings (SSSR count). The zero-order valence-corrected chi connectivity index (χ0v) is 7.90. The molecule has 0 aliphatic carbocycles. The number of rotatable bonds is 3. The minimum atomic E-state index is -0.974. The van der Waals surface area contributed by atoms with Gasteiger partial charge >= 0.3 is 5.97 Å². The van der Waals surface area contributed by atoms with Gasteiger partial charge in [-0.3, -0.25) is 4.79 Å². The first-order valence-corrected chi connectivity index (χ1v) is 4.28. The van der Waals surface area contributed by atoms with Crippen LogP contribution < -0.4 is 5.73 Å². The molecule has 0 radical (unpaired) electrons. The number of aromatic hydroxyl groups is 1. The number of benzene rings is 1. The number of aliphatic carboxylic acids is 1. The molecule has 0 aromatic heterocycles. The van der Waals surface area contributed by atoms with Gasteiger partial charge in [-0.15, -0.1) is 0 Å². The predicted octanol–water partition coefficient (Wildman–Crippen LogP) is 1.18. The maximum absolute atomic E-state index is 10.4. The molecule has 14 heavy (non-hydrogen) atoms. The summed E-state index contributed by atoms with van der Waals surface area (Å²) in [5.74, 6) is -0.889. The normalized spacial score (nSPS) is 12.4. The van der Waals surface area contributed by atoms with Crippen molar-refractivity contribution in [1.29, 1.82) is 0 Å². The zero-order chi connectivity index (χ0) is 10.7. The molecular weight excluding hydrogens is 182 g/mol. The smallest absolute Gasteiger partial charge is 0.305 e. The molecule has 0 fully saturated rings. The Kier molecular flexibility index (Phi) is 3.09. The molecule has 0 aliphatic rings. The van der Waals surface area contributed by atoms with Gasteiger partial charge in [0.1, 0.15) is 5.75 Å². The average Bonchev–Trinajstić information content (AvgIpc) is 2.08. The molecular formula is C10H13NO3. The minimum Gasteiger partial charge on any atom is -0.507 e. The minimum absolute atomic E-state index is 0.0845. The van der Waals surface area contributed by atoms with Crippen molar-refractivity contribution in [2.75, 3.05) is 0 Å². The van der Waals surface area contributed by atoms with Crippen LogP contribution in [0.4, 0.5) is 0 Å². The van der Waals surface area contributed by atoms with Gasteiger partial charge in [0.05, 0.1) is 6.42 Å². The highest BCUT2D eigenvalue weighted by molar-refractivity contribution is 5.68. The lowest BCUT2D eigenvalue weighted by molar-refractivity contribution is -0.137. The largest absolute Gasteiger partial charge is 0.507 e. The summed E-state index contributed by atoms with van der Waals surface area (Å²) in [5, 5.41) is 18.2. The first-order chi connectivity index (χ1) is 6.52. The predicted molar refractivity (Wildman–Crippen MR) is 52.0 cm³/mol. The number of phenolic OH excluding ortho intramolecular Hbond substituents is 1. The Hall–Kier alpha value is -1.55. The molecule has 4 N–H and O–H groups in total. The van der Waals surface area contributed by atoms with Crippen LogP contribution in [0.2, 0.25) is 0 Å². The second-order valence-electron chi connectivity index (χ2n) is 3.22. The molecule has 0 heterocycles. The Balaban J connectivity index is 2.95. The fourth-order valence-electron chi connectivity index (χ4n) is 1.28. The van der Waals surface area contributed by atoms with Gasteiger partial charge in [0, 0.05) is 11.6 Å². The molecule has 1 aromatic rings. The molecule has 1 atom stereocenters. The lowest BCUT2D eigenvalue weighted by atomic mass is 10.0. The summed E-state index contributed by atoms with van der Waals surface area (Å²) in [6, 6.07) is 4.46. The second kappa shape index (κ2) is 4.11. The Bertz CT molecular complexity index is 349. The second-order valence-corrected chi connectivity index (χ2v) is 3.22. The number of nitrogens with two attached hydrogens (primary N) is 1. The Morgan fingerprint density at radius 3 is 2.79 bits per heavy atom. The number of carboxylic acids is 1. The third-order valence-electron chi connectivity index (χ3n) is 2.06. The Morgan fingerprint density at radius 2 is 2.21 bits per heavy atom. The lowest BCUT2D eigenvalue weighted by Crippen LogP contribution is -2.15. The number of hydrogen-bond donors (Lipinski definition) is 3. The van der Waals surface area contributed by atoms with Crippen LogP contribution in [0.5, 0.6) is 5.75 Å². The Labute approximate surface area is 82.0 Å². The quantitative estimate of drug-likeness (QED) is 0.676. The average molecular weight is 195 g/mol. The summed E-state index contributed by atoms with van der Waals surface area (Å²) >= 11 is 0. The number of aryl methyl sites for hydroxylation is 1. The van der Waals surface area contributed by atoms with Gasteiger partial charge in [-0.05, 0) is 12.5 Å². The summed E-state index contributed by atoms with van der Waals surface area (Å²) in [4.78, 5) is 10.4. The fraction of sp³-hybridized carbons (Fsp3) is 0.300. The number of carboxylic acid groups (broad SMARTS) is 1. The summed E-state index contributed by atoms with van der Waals surface area (Å²) in [7, 11) is 0. The van der Waals surface area contributed by atoms with E-state index in [0.717, 1.165) is 0 Å². The molecule has 0 saturated carbocycles. The van der Waals surface area contributed by atoms with E-state index < -0.39 is 12.0 Å². The summed E-state index contributed by atoms with van der Waals surface area (Å²) in [6.45, 7) is 1.74. The number of hydrogen-bond acceptors (Lipinski definition) is 3. The molecule has 0 unspecified atom stereocenters. The maximum atomic E-state index is 10.4. The van der Waals surface area contributed by atoms with Crippen LogP contribution >= 0.6 is 0 Å². The van der Waals surface area contributed by atoms with Crippen molar-refractivity contribution in [3.05, 3.63) is 29.3 Å². The standard InChI is InChI=1S/C10H13NO3/c1-6-3-2-4-7(10(6)14)8(11)5-9(12)13/h2-4,8,14H,5,11H2,1H3,(H,12,13)/t8-/m0/s1. The van der Waals surface area contributed by atoms with Crippen LogP contribution in [-0.4, -0.2) is 16.2 Å². The van der Waals surface area contributed by atoms with E-state index >= 15 is 0 Å². The summed E-state index contributed by atoms with van der Waals surface area (Å²) < 4.78 is 0. The molecule has 4 nitrogen and oxygen atoms in total. The number of para-hydroxylation sites is 1. The van der Waals surface area contributed by atoms with Crippen LogP contribution in [0.25, 0.3) is 0 Å². The lowest BCUT2D eigenvalue weighted by Gasteiger charge is -2.12. The first kappa shape index (κ1) is 10.5. The number of phenols is 1. The van der Waals surface area contributed by atoms with E-state index in [0.29, 0.717) is 11.1 Å². The topological polar surface area (TPSA) is 83.6 Å². The van der Waals surface area contributed by atoms with Crippen LogP contribution in [0.3, 0.4) is 0 Å². The van der Waals surface area contributed by atoms with Crippen molar-refractivity contribution in [1.82, 2.24) is 0 Å². The molecule has 0 bridgehead atoms. The van der Waals surface area contributed by atoms with E-state index in [1.807, 2.05) is 0 Å². The highest BCUT2D eigenvalue weighted by atomic mass is 16.4. The van der Waals surface area contributed by atoms with E-state index in [9.17, 15) is 9.90 Å². The van der Waals surface area contributed by atoms with Crippen molar-refractivity contribution in [3.63, 3.8) is 0 Å². The van der Waals surface area contributed by atoms with Crippen molar-refractivity contribution in [2.45, 2.75) is 19.4 Å². The van der Waals surface area contributed by atoms with E-state index in [2.05, 4.69) is 0 Å². The molecule has 0 amide bonds. The summed E-state index contributed by atoms with van der Waals surface area (Å²) in [5.41, 5.74) is 6.80. The zero-order valence-electron chi connectivity index (χ0n) is 7.90. The number of carbonyl (C=O) groups is 1. The van der Waals surface area contributed by atoms with Gasteiger partial charge in [-0.25, -0.2) is 0 Å². The first-order valence-electron chi connectivity index (χ1n) is 4.28. The fourth-order valence-corrected chi connectivity index (χ4v) is 1.28. The molecule has 0 spiro atoms. The maximum Gasteiger partial charge on any atom is 0.305 e. The van der Waals surface area contributed by atoms with Crippen molar-refractivity contribution in [2.24, 2.45) is 5.73 Å². The van der Waals surface area contributed by atoms with E-state index in [1.54, 1.807) is 25.1 Å². The van der Waals surface area contributed by atoms with Gasteiger partial charge in [-0.2, -0.15) is 0 Å². The Morgan fingerprint density at radius 1 is 1.57 bits per heavy atom. The SMILES string of the molecule is Cc1cccc([C@@H](N)CC(=O)O)c1O. The molecule has 76 valence electrons. The van der Waals surface area contributed by atoms with Gasteiger partial charge in [0.2, 0.25) is 0 Å². The van der Waals surface area contributed by atoms with E-state index in [-0.39, 0.29) is 12.2 Å². The molecule has 0 aliphatic heterocycles. The monoisotopic (exact) mass is 195 g/mol. The van der Waals surface area contributed by atoms with Gasteiger partial charge in [0.15, 0.2) is 0 Å². The van der Waals surface area contributed by atoms with Crippen molar-refractivity contribution >= 4 is 5.97 Å². The molecule has 0 saturated heterocycles. The van der Waals surface area contributed by atoms with Gasteiger partial charge in [-0.1, -0.05) is 18.2 Å². The summed E-state index contributed by atoms with van der Waals surface area (Å²) in [6.07, 6.45) is -0.184. The molecule has 4 heteroatoms. The van der Waals surface area contributed by atoms with Gasteiger partial charge < -0.3 is 15.9 Å². The van der Waals surface area contributed by atoms with Crippen molar-refractivity contribution < 1.29 is 15.0 Å². The molecule has 1 aromatic carbocycles. The highest BCUT2D eigenvalue weighted by Crippen LogP contribution is 2.27. The van der Waals surface area contributed by atoms with E-state index in [1.165, 1.54) is 0 Å². The van der Waals surface area contributed by atoms with E-state index in [4.69, 9.17) is 10.8 Å². The van der Waals surface area contributed by atoms with Crippen LogP contribution in [0, 0.1) is 6.92 Å². The van der Waals surface area contributed by atoms with Crippen molar-refractivity contribution in [3.8, 4) is 5.75 Å².